The molecule has 3 rings (SSSR count). The molecule has 0 atom stereocenters. The molecule has 0 saturated heterocycles. The lowest BCUT2D eigenvalue weighted by molar-refractivity contribution is 0.0949. The first-order valence-corrected chi connectivity index (χ1v) is 8.56. The molecule has 0 unspecified atom stereocenters. The highest BCUT2D eigenvalue weighted by atomic mass is 16.1. The molecule has 1 amide bonds. The molecule has 6 nitrogen and oxygen atoms in total. The molecule has 0 bridgehead atoms. The first-order valence-electron chi connectivity index (χ1n) is 8.56. The lowest BCUT2D eigenvalue weighted by atomic mass is 10.1. The van der Waals surface area contributed by atoms with Gasteiger partial charge >= 0.3 is 0 Å². The highest BCUT2D eigenvalue weighted by Gasteiger charge is 2.08. The number of hydrogen-bond donors (Lipinski definition) is 2. The standard InChI is InChI=1S/C21H20N4O2/c1-14-6-3-4-7-17(14)11-22-20(27)18-12-23-21(24-13-18)25-19-9-5-8-16(10-19)15(2)26/h3-10,12-13H,11H2,1-2H3,(H,22,27)(H,23,24,25). The van der Waals surface area contributed by atoms with Gasteiger partial charge in [-0.3, -0.25) is 9.59 Å². The fourth-order valence-corrected chi connectivity index (χ4v) is 2.54. The predicted octanol–water partition coefficient (Wildman–Crippen LogP) is 3.66. The third kappa shape index (κ3) is 4.76. The topological polar surface area (TPSA) is 84.0 Å². The van der Waals surface area contributed by atoms with Gasteiger partial charge in [0.25, 0.3) is 5.91 Å². The second-order valence-corrected chi connectivity index (χ2v) is 6.17. The highest BCUT2D eigenvalue weighted by molar-refractivity contribution is 5.95. The summed E-state index contributed by atoms with van der Waals surface area (Å²) in [5.74, 6) is 0.106. The Labute approximate surface area is 157 Å². The maximum absolute atomic E-state index is 12.3. The van der Waals surface area contributed by atoms with Crippen LogP contribution in [-0.2, 0) is 6.54 Å². The van der Waals surface area contributed by atoms with E-state index in [0.29, 0.717) is 29.3 Å². The minimum Gasteiger partial charge on any atom is -0.348 e. The fourth-order valence-electron chi connectivity index (χ4n) is 2.54. The lowest BCUT2D eigenvalue weighted by Crippen LogP contribution is -2.23. The van der Waals surface area contributed by atoms with Crippen LogP contribution < -0.4 is 10.6 Å². The maximum Gasteiger partial charge on any atom is 0.254 e. The summed E-state index contributed by atoms with van der Waals surface area (Å²) in [7, 11) is 0. The Balaban J connectivity index is 1.63. The second-order valence-electron chi connectivity index (χ2n) is 6.17. The smallest absolute Gasteiger partial charge is 0.254 e. The van der Waals surface area contributed by atoms with Crippen LogP contribution in [0.5, 0.6) is 0 Å². The largest absolute Gasteiger partial charge is 0.348 e. The van der Waals surface area contributed by atoms with Gasteiger partial charge in [-0.25, -0.2) is 9.97 Å². The van der Waals surface area contributed by atoms with Crippen molar-refractivity contribution < 1.29 is 9.59 Å². The third-order valence-electron chi connectivity index (χ3n) is 4.14. The molecule has 136 valence electrons. The number of benzene rings is 2. The fraction of sp³-hybridized carbons (Fsp3) is 0.143. The third-order valence-corrected chi connectivity index (χ3v) is 4.14. The number of rotatable bonds is 6. The van der Waals surface area contributed by atoms with Gasteiger partial charge in [0.05, 0.1) is 5.56 Å². The number of Topliss-reactive ketones (excluding diaryl/α,β-unsaturated/α-hetero) is 1. The van der Waals surface area contributed by atoms with Crippen LogP contribution in [0.2, 0.25) is 0 Å². The van der Waals surface area contributed by atoms with E-state index in [0.717, 1.165) is 11.1 Å². The Morgan fingerprint density at radius 2 is 1.70 bits per heavy atom. The number of nitrogens with zero attached hydrogens (tertiary/aromatic N) is 2. The lowest BCUT2D eigenvalue weighted by Gasteiger charge is -2.09. The van der Waals surface area contributed by atoms with Crippen LogP contribution in [0, 0.1) is 6.92 Å². The minimum absolute atomic E-state index is 0.0137. The Kier molecular flexibility index (Phi) is 5.56. The normalized spacial score (nSPS) is 10.3. The summed E-state index contributed by atoms with van der Waals surface area (Å²) < 4.78 is 0. The van der Waals surface area contributed by atoms with E-state index in [1.165, 1.54) is 19.3 Å². The van der Waals surface area contributed by atoms with E-state index < -0.39 is 0 Å². The predicted molar refractivity (Wildman–Crippen MR) is 104 cm³/mol. The zero-order valence-electron chi connectivity index (χ0n) is 15.2. The molecule has 0 saturated carbocycles. The van der Waals surface area contributed by atoms with Crippen molar-refractivity contribution in [2.75, 3.05) is 5.32 Å². The average Bonchev–Trinajstić information content (AvgIpc) is 2.68. The van der Waals surface area contributed by atoms with E-state index in [1.54, 1.807) is 18.2 Å². The summed E-state index contributed by atoms with van der Waals surface area (Å²) in [6, 6.07) is 15.0. The van der Waals surface area contributed by atoms with Crippen molar-refractivity contribution in [2.45, 2.75) is 20.4 Å². The van der Waals surface area contributed by atoms with Gasteiger partial charge in [0.2, 0.25) is 5.95 Å². The monoisotopic (exact) mass is 360 g/mol. The maximum atomic E-state index is 12.3. The van der Waals surface area contributed by atoms with Crippen LogP contribution in [0.15, 0.2) is 60.9 Å². The molecule has 0 aliphatic carbocycles. The van der Waals surface area contributed by atoms with Crippen LogP contribution in [-0.4, -0.2) is 21.7 Å². The molecule has 27 heavy (non-hydrogen) atoms. The molecule has 6 heteroatoms. The first-order chi connectivity index (χ1) is 13.0. The first kappa shape index (κ1) is 18.3. The minimum atomic E-state index is -0.233. The molecule has 1 aromatic heterocycles. The van der Waals surface area contributed by atoms with Gasteiger partial charge in [-0.1, -0.05) is 36.4 Å². The molecule has 2 aromatic carbocycles. The SMILES string of the molecule is CC(=O)c1cccc(Nc2ncc(C(=O)NCc3ccccc3C)cn2)c1. The van der Waals surface area contributed by atoms with E-state index in [-0.39, 0.29) is 11.7 Å². The molecular formula is C21H20N4O2. The van der Waals surface area contributed by atoms with Crippen LogP contribution in [0.3, 0.4) is 0 Å². The molecule has 2 N–H and O–H groups in total. The van der Waals surface area contributed by atoms with Crippen molar-refractivity contribution in [3.05, 3.63) is 83.2 Å². The highest BCUT2D eigenvalue weighted by Crippen LogP contribution is 2.15. The number of hydrogen-bond acceptors (Lipinski definition) is 5. The van der Waals surface area contributed by atoms with Gasteiger partial charge in [0, 0.05) is 30.2 Å². The van der Waals surface area contributed by atoms with E-state index >= 15 is 0 Å². The zero-order valence-corrected chi connectivity index (χ0v) is 15.2. The van der Waals surface area contributed by atoms with Gasteiger partial charge in [0.1, 0.15) is 0 Å². The molecule has 0 spiro atoms. The van der Waals surface area contributed by atoms with Crippen LogP contribution in [0.4, 0.5) is 11.6 Å². The van der Waals surface area contributed by atoms with Crippen molar-refractivity contribution in [3.8, 4) is 0 Å². The van der Waals surface area contributed by atoms with Crippen molar-refractivity contribution in [3.63, 3.8) is 0 Å². The van der Waals surface area contributed by atoms with Crippen molar-refractivity contribution in [1.29, 1.82) is 0 Å². The van der Waals surface area contributed by atoms with Gasteiger partial charge in [-0.15, -0.1) is 0 Å². The summed E-state index contributed by atoms with van der Waals surface area (Å²) in [5, 5.41) is 5.89. The molecule has 1 heterocycles. The van der Waals surface area contributed by atoms with Crippen LogP contribution in [0.1, 0.15) is 38.8 Å². The Bertz CT molecular complexity index is 968. The number of anilines is 2. The second kappa shape index (κ2) is 8.23. The van der Waals surface area contributed by atoms with Crippen LogP contribution in [0.25, 0.3) is 0 Å². The quantitative estimate of drug-likeness (QED) is 0.656. The van der Waals surface area contributed by atoms with Crippen molar-refractivity contribution in [2.24, 2.45) is 0 Å². The Hall–Kier alpha value is -3.54. The summed E-state index contributed by atoms with van der Waals surface area (Å²) in [6.07, 6.45) is 2.94. The van der Waals surface area contributed by atoms with E-state index in [2.05, 4.69) is 20.6 Å². The van der Waals surface area contributed by atoms with Gasteiger partial charge in [-0.05, 0) is 37.1 Å². The summed E-state index contributed by atoms with van der Waals surface area (Å²) in [6.45, 7) is 3.97. The Morgan fingerprint density at radius 1 is 0.963 bits per heavy atom. The van der Waals surface area contributed by atoms with E-state index in [4.69, 9.17) is 0 Å². The number of aromatic nitrogens is 2. The molecule has 3 aromatic rings. The zero-order chi connectivity index (χ0) is 19.2. The van der Waals surface area contributed by atoms with Gasteiger partial charge in [-0.2, -0.15) is 0 Å². The number of ketones is 1. The van der Waals surface area contributed by atoms with Gasteiger partial charge in [0.15, 0.2) is 5.78 Å². The number of nitrogens with one attached hydrogen (secondary N) is 2. The molecule has 0 aliphatic heterocycles. The average molecular weight is 360 g/mol. The number of carbonyl (C=O) groups excluding carboxylic acids is 2. The number of aryl methyl sites for hydroxylation is 1. The summed E-state index contributed by atoms with van der Waals surface area (Å²) in [5.41, 5.74) is 3.88. The molecule has 0 radical (unpaired) electrons. The summed E-state index contributed by atoms with van der Waals surface area (Å²) >= 11 is 0. The van der Waals surface area contributed by atoms with E-state index in [1.807, 2.05) is 37.3 Å². The molecule has 0 aliphatic rings. The van der Waals surface area contributed by atoms with E-state index in [9.17, 15) is 9.59 Å². The van der Waals surface area contributed by atoms with Crippen molar-refractivity contribution >= 4 is 23.3 Å². The van der Waals surface area contributed by atoms with Gasteiger partial charge < -0.3 is 10.6 Å². The van der Waals surface area contributed by atoms with Crippen molar-refractivity contribution in [1.82, 2.24) is 15.3 Å². The summed E-state index contributed by atoms with van der Waals surface area (Å²) in [4.78, 5) is 32.1. The molecular weight excluding hydrogens is 340 g/mol. The molecule has 0 fully saturated rings. The Morgan fingerprint density at radius 3 is 2.41 bits per heavy atom. The number of amides is 1. The number of carbonyl (C=O) groups is 2. The van der Waals surface area contributed by atoms with Crippen LogP contribution >= 0.6 is 0 Å².